The minimum atomic E-state index is -0.549. The van der Waals surface area contributed by atoms with Crippen molar-refractivity contribution in [1.82, 2.24) is 15.4 Å². The van der Waals surface area contributed by atoms with Crippen LogP contribution in [0.3, 0.4) is 0 Å². The summed E-state index contributed by atoms with van der Waals surface area (Å²) >= 11 is 0. The number of benzene rings is 2. The largest absolute Gasteiger partial charge is 0.342 e. The third-order valence-electron chi connectivity index (χ3n) is 4.11. The van der Waals surface area contributed by atoms with Gasteiger partial charge in [0.25, 0.3) is 5.91 Å². The van der Waals surface area contributed by atoms with Crippen molar-refractivity contribution in [3.63, 3.8) is 0 Å². The van der Waals surface area contributed by atoms with Gasteiger partial charge in [0.2, 0.25) is 0 Å². The second-order valence-corrected chi connectivity index (χ2v) is 6.34. The van der Waals surface area contributed by atoms with Crippen LogP contribution in [-0.2, 0) is 11.2 Å². The van der Waals surface area contributed by atoms with Crippen LogP contribution < -0.4 is 5.48 Å². The van der Waals surface area contributed by atoms with Crippen molar-refractivity contribution in [2.75, 3.05) is 0 Å². The molecule has 0 aliphatic carbocycles. The number of hydrogen-bond acceptors (Lipinski definition) is 3. The Morgan fingerprint density at radius 3 is 2.68 bits per heavy atom. The third-order valence-corrected chi connectivity index (χ3v) is 4.11. The van der Waals surface area contributed by atoms with Gasteiger partial charge >= 0.3 is 0 Å². The van der Waals surface area contributed by atoms with Crippen LogP contribution in [0.1, 0.15) is 42.3 Å². The second kappa shape index (κ2) is 7.32. The molecule has 3 aromatic rings. The maximum absolute atomic E-state index is 11.0. The average Bonchev–Trinajstić information content (AvgIpc) is 3.02. The van der Waals surface area contributed by atoms with Gasteiger partial charge in [0, 0.05) is 12.5 Å². The number of nitrogens with one attached hydrogen (secondary N) is 2. The van der Waals surface area contributed by atoms with E-state index in [0.29, 0.717) is 12.3 Å². The highest BCUT2D eigenvalue weighted by atomic mass is 16.5. The van der Waals surface area contributed by atoms with Gasteiger partial charge in [0.05, 0.1) is 11.0 Å². The fraction of sp³-hybridized carbons (Fsp3) is 0.200. The Kier molecular flexibility index (Phi) is 4.95. The highest BCUT2D eigenvalue weighted by molar-refractivity contribution is 5.90. The molecule has 2 aromatic carbocycles. The number of hydroxylamine groups is 1. The zero-order chi connectivity index (χ0) is 17.8. The Hall–Kier alpha value is -2.92. The minimum Gasteiger partial charge on any atom is -0.342 e. The smallest absolute Gasteiger partial charge is 0.267 e. The van der Waals surface area contributed by atoms with E-state index in [-0.39, 0.29) is 0 Å². The quantitative estimate of drug-likeness (QED) is 0.377. The number of amides is 1. The number of H-pyrrole nitrogens is 1. The summed E-state index contributed by atoms with van der Waals surface area (Å²) in [4.78, 5) is 19.0. The fourth-order valence-electron chi connectivity index (χ4n) is 2.67. The predicted octanol–water partition coefficient (Wildman–Crippen LogP) is 3.80. The topological polar surface area (TPSA) is 78.0 Å². The zero-order valence-electron chi connectivity index (χ0n) is 14.3. The molecule has 0 aliphatic heterocycles. The van der Waals surface area contributed by atoms with Crippen LogP contribution in [0.25, 0.3) is 17.1 Å². The van der Waals surface area contributed by atoms with Gasteiger partial charge in [-0.1, -0.05) is 44.2 Å². The Morgan fingerprint density at radius 2 is 2.00 bits per heavy atom. The molecule has 0 fully saturated rings. The molecule has 25 heavy (non-hydrogen) atoms. The Bertz CT molecular complexity index is 908. The third kappa shape index (κ3) is 4.14. The van der Waals surface area contributed by atoms with Crippen molar-refractivity contribution >= 4 is 23.0 Å². The van der Waals surface area contributed by atoms with Gasteiger partial charge < -0.3 is 4.98 Å². The maximum Gasteiger partial charge on any atom is 0.267 e. The molecule has 128 valence electrons. The average molecular weight is 335 g/mol. The van der Waals surface area contributed by atoms with Crippen LogP contribution in [0, 0.1) is 0 Å². The van der Waals surface area contributed by atoms with Gasteiger partial charge in [-0.15, -0.1) is 0 Å². The molecule has 1 heterocycles. The highest BCUT2D eigenvalue weighted by Crippen LogP contribution is 2.21. The van der Waals surface area contributed by atoms with Crippen molar-refractivity contribution in [2.45, 2.75) is 26.2 Å². The van der Waals surface area contributed by atoms with Crippen LogP contribution in [0.5, 0.6) is 0 Å². The molecule has 0 unspecified atom stereocenters. The van der Waals surface area contributed by atoms with E-state index in [1.165, 1.54) is 11.6 Å². The minimum absolute atomic E-state index is 0.484. The van der Waals surface area contributed by atoms with E-state index in [1.807, 2.05) is 24.3 Å². The van der Waals surface area contributed by atoms with Crippen molar-refractivity contribution in [3.8, 4) is 0 Å². The predicted molar refractivity (Wildman–Crippen MR) is 98.4 cm³/mol. The van der Waals surface area contributed by atoms with Crippen LogP contribution in [-0.4, -0.2) is 21.1 Å². The van der Waals surface area contributed by atoms with Gasteiger partial charge in [-0.3, -0.25) is 10.0 Å². The second-order valence-electron chi connectivity index (χ2n) is 6.34. The SMILES string of the molecule is CC(C)c1ccc2[nH]c(Cc3ccc(/C=C/C(=O)NO)cc3)nc2c1. The van der Waals surface area contributed by atoms with Crippen molar-refractivity contribution in [2.24, 2.45) is 0 Å². The lowest BCUT2D eigenvalue weighted by atomic mass is 10.0. The first kappa shape index (κ1) is 16.9. The molecule has 0 saturated heterocycles. The molecule has 0 radical (unpaired) electrons. The molecule has 0 spiro atoms. The zero-order valence-corrected chi connectivity index (χ0v) is 14.3. The van der Waals surface area contributed by atoms with Crippen LogP contribution in [0.15, 0.2) is 48.5 Å². The van der Waals surface area contributed by atoms with E-state index in [1.54, 1.807) is 11.6 Å². The van der Waals surface area contributed by atoms with E-state index in [2.05, 4.69) is 37.0 Å². The number of aromatic amines is 1. The number of imidazole rings is 1. The monoisotopic (exact) mass is 335 g/mol. The molecule has 1 aromatic heterocycles. The number of aromatic nitrogens is 2. The number of nitrogens with zero attached hydrogens (tertiary/aromatic N) is 1. The highest BCUT2D eigenvalue weighted by Gasteiger charge is 2.06. The standard InChI is InChI=1S/C20H21N3O2/c1-13(2)16-8-9-17-18(12-16)22-19(21-17)11-15-5-3-14(4-6-15)7-10-20(24)23-25/h3-10,12-13,25H,11H2,1-2H3,(H,21,22)(H,23,24)/b10-7+. The lowest BCUT2D eigenvalue weighted by molar-refractivity contribution is -0.124. The molecule has 1 amide bonds. The van der Waals surface area contributed by atoms with Crippen LogP contribution in [0.4, 0.5) is 0 Å². The summed E-state index contributed by atoms with van der Waals surface area (Å²) in [6.07, 6.45) is 3.64. The lowest BCUT2D eigenvalue weighted by Crippen LogP contribution is -2.14. The molecular weight excluding hydrogens is 314 g/mol. The first-order valence-corrected chi connectivity index (χ1v) is 8.25. The van der Waals surface area contributed by atoms with Crippen molar-refractivity contribution < 1.29 is 10.0 Å². The first-order valence-electron chi connectivity index (χ1n) is 8.25. The van der Waals surface area contributed by atoms with Gasteiger partial charge in [0.15, 0.2) is 0 Å². The van der Waals surface area contributed by atoms with E-state index in [4.69, 9.17) is 10.2 Å². The van der Waals surface area contributed by atoms with Crippen LogP contribution in [0.2, 0.25) is 0 Å². The molecule has 0 bridgehead atoms. The number of carbonyl (C=O) groups excluding carboxylic acids is 1. The Labute approximate surface area is 146 Å². The summed E-state index contributed by atoms with van der Waals surface area (Å²) in [5, 5.41) is 8.47. The van der Waals surface area contributed by atoms with E-state index in [0.717, 1.165) is 28.0 Å². The van der Waals surface area contributed by atoms with Gasteiger partial charge in [-0.2, -0.15) is 0 Å². The number of rotatable bonds is 5. The normalized spacial score (nSPS) is 11.5. The van der Waals surface area contributed by atoms with Crippen LogP contribution >= 0.6 is 0 Å². The number of hydrogen-bond donors (Lipinski definition) is 3. The molecule has 0 atom stereocenters. The van der Waals surface area contributed by atoms with Gasteiger partial charge in [-0.25, -0.2) is 10.5 Å². The molecule has 0 aliphatic rings. The Balaban J connectivity index is 1.74. The molecular formula is C20H21N3O2. The van der Waals surface area contributed by atoms with E-state index >= 15 is 0 Å². The van der Waals surface area contributed by atoms with Gasteiger partial charge in [-0.05, 0) is 40.8 Å². The fourth-order valence-corrected chi connectivity index (χ4v) is 2.67. The summed E-state index contributed by atoms with van der Waals surface area (Å²) in [6, 6.07) is 14.2. The van der Waals surface area contributed by atoms with Crippen molar-refractivity contribution in [3.05, 3.63) is 71.1 Å². The molecule has 3 rings (SSSR count). The van der Waals surface area contributed by atoms with Gasteiger partial charge in [0.1, 0.15) is 5.82 Å². The summed E-state index contributed by atoms with van der Waals surface area (Å²) < 4.78 is 0. The summed E-state index contributed by atoms with van der Waals surface area (Å²) in [6.45, 7) is 4.35. The lowest BCUT2D eigenvalue weighted by Gasteiger charge is -2.03. The summed E-state index contributed by atoms with van der Waals surface area (Å²) in [5.41, 5.74) is 6.92. The maximum atomic E-state index is 11.0. The summed E-state index contributed by atoms with van der Waals surface area (Å²) in [5.74, 6) is 0.865. The number of carbonyl (C=O) groups is 1. The Morgan fingerprint density at radius 1 is 1.24 bits per heavy atom. The van der Waals surface area contributed by atoms with E-state index in [9.17, 15) is 4.79 Å². The molecule has 3 N–H and O–H groups in total. The van der Waals surface area contributed by atoms with Crippen molar-refractivity contribution in [1.29, 1.82) is 0 Å². The molecule has 0 saturated carbocycles. The molecule has 5 nitrogen and oxygen atoms in total. The first-order chi connectivity index (χ1) is 12.0. The summed E-state index contributed by atoms with van der Waals surface area (Å²) in [7, 11) is 0. The van der Waals surface area contributed by atoms with E-state index < -0.39 is 5.91 Å². The molecule has 5 heteroatoms. The number of fused-ring (bicyclic) bond motifs is 1.